The first-order valence-corrected chi connectivity index (χ1v) is 11.1. The lowest BCUT2D eigenvalue weighted by Crippen LogP contribution is -2.55. The molecule has 2 aliphatic rings. The molecule has 1 amide bonds. The maximum Gasteiger partial charge on any atom is 0.246 e. The van der Waals surface area contributed by atoms with Gasteiger partial charge in [0.1, 0.15) is 19.3 Å². The second-order valence-corrected chi connectivity index (χ2v) is 8.68. The van der Waals surface area contributed by atoms with E-state index in [1.165, 1.54) is 4.31 Å². The van der Waals surface area contributed by atoms with E-state index in [9.17, 15) is 13.2 Å². The minimum atomic E-state index is -3.66. The fourth-order valence-electron chi connectivity index (χ4n) is 3.52. The highest BCUT2D eigenvalue weighted by molar-refractivity contribution is 7.92. The van der Waals surface area contributed by atoms with E-state index in [1.54, 1.807) is 30.0 Å². The normalized spacial score (nSPS) is 18.9. The third-order valence-corrected chi connectivity index (χ3v) is 6.22. The number of likely N-dealkylation sites (N-methyl/N-ethyl adjacent to an activating group) is 1. The zero-order valence-electron chi connectivity index (χ0n) is 16.1. The fraction of sp³-hybridized carbons (Fsp3) is 0.611. The first-order chi connectivity index (χ1) is 12.8. The van der Waals surface area contributed by atoms with E-state index in [4.69, 9.17) is 9.47 Å². The summed E-state index contributed by atoms with van der Waals surface area (Å²) in [4.78, 5) is 17.0. The van der Waals surface area contributed by atoms with Crippen LogP contribution >= 0.6 is 0 Å². The van der Waals surface area contributed by atoms with Crippen LogP contribution in [0, 0.1) is 0 Å². The van der Waals surface area contributed by atoms with Gasteiger partial charge in [0, 0.05) is 32.2 Å². The van der Waals surface area contributed by atoms with Gasteiger partial charge in [-0.1, -0.05) is 6.92 Å². The predicted molar refractivity (Wildman–Crippen MR) is 103 cm³/mol. The maximum absolute atomic E-state index is 13.0. The van der Waals surface area contributed by atoms with Crippen LogP contribution in [0.1, 0.15) is 13.8 Å². The van der Waals surface area contributed by atoms with Crippen LogP contribution in [0.15, 0.2) is 18.2 Å². The molecule has 0 spiro atoms. The fourth-order valence-corrected chi connectivity index (χ4v) is 4.68. The van der Waals surface area contributed by atoms with Gasteiger partial charge in [0.2, 0.25) is 15.9 Å². The molecule has 2 aliphatic heterocycles. The van der Waals surface area contributed by atoms with Crippen molar-refractivity contribution in [1.29, 1.82) is 0 Å². The summed E-state index contributed by atoms with van der Waals surface area (Å²) >= 11 is 0. The minimum Gasteiger partial charge on any atom is -0.486 e. The van der Waals surface area contributed by atoms with Crippen LogP contribution in [-0.4, -0.2) is 82.4 Å². The van der Waals surface area contributed by atoms with E-state index in [0.717, 1.165) is 25.9 Å². The van der Waals surface area contributed by atoms with Crippen LogP contribution in [0.3, 0.4) is 0 Å². The van der Waals surface area contributed by atoms with Gasteiger partial charge in [-0.2, -0.15) is 0 Å². The van der Waals surface area contributed by atoms with E-state index in [2.05, 4.69) is 11.8 Å². The Morgan fingerprint density at radius 2 is 1.78 bits per heavy atom. The lowest BCUT2D eigenvalue weighted by atomic mass is 10.2. The van der Waals surface area contributed by atoms with Crippen LogP contribution in [0.25, 0.3) is 0 Å². The molecule has 1 aromatic carbocycles. The van der Waals surface area contributed by atoms with Gasteiger partial charge >= 0.3 is 0 Å². The number of sulfonamides is 1. The van der Waals surface area contributed by atoms with Crippen LogP contribution in [-0.2, 0) is 14.8 Å². The minimum absolute atomic E-state index is 0.189. The van der Waals surface area contributed by atoms with Crippen molar-refractivity contribution in [2.24, 2.45) is 0 Å². The Kier molecular flexibility index (Phi) is 5.81. The molecule has 8 nitrogen and oxygen atoms in total. The molecule has 9 heteroatoms. The summed E-state index contributed by atoms with van der Waals surface area (Å²) in [5, 5.41) is 0. The summed E-state index contributed by atoms with van der Waals surface area (Å²) in [6.07, 6.45) is 1.11. The molecule has 0 radical (unpaired) electrons. The number of carbonyl (C=O) groups excluding carboxylic acids is 1. The highest BCUT2D eigenvalue weighted by Gasteiger charge is 2.33. The molecule has 0 N–H and O–H groups in total. The topological polar surface area (TPSA) is 79.4 Å². The molecule has 1 atom stereocenters. The van der Waals surface area contributed by atoms with E-state index in [-0.39, 0.29) is 5.91 Å². The van der Waals surface area contributed by atoms with Crippen LogP contribution in [0.4, 0.5) is 5.69 Å². The number of hydrogen-bond acceptors (Lipinski definition) is 6. The molecular weight excluding hydrogens is 370 g/mol. The summed E-state index contributed by atoms with van der Waals surface area (Å²) in [6, 6.07) is 4.11. The van der Waals surface area contributed by atoms with E-state index in [0.29, 0.717) is 43.5 Å². The van der Waals surface area contributed by atoms with Crippen LogP contribution in [0.5, 0.6) is 11.5 Å². The molecule has 150 valence electrons. The number of nitrogens with zero attached hydrogens (tertiary/aromatic N) is 3. The zero-order chi connectivity index (χ0) is 19.6. The van der Waals surface area contributed by atoms with Crippen molar-refractivity contribution >= 4 is 21.6 Å². The standard InChI is InChI=1S/C18H27N3O5S/c1-4-19-7-9-20(10-8-19)18(22)14(2)21(27(3,23)24)15-5-6-16-17(13-15)26-12-11-25-16/h5-6,13-14H,4,7-12H2,1-3H3. The largest absolute Gasteiger partial charge is 0.486 e. The molecule has 0 saturated carbocycles. The van der Waals surface area contributed by atoms with Crippen molar-refractivity contribution in [2.75, 3.05) is 56.5 Å². The first-order valence-electron chi connectivity index (χ1n) is 9.21. The van der Waals surface area contributed by atoms with Crippen molar-refractivity contribution in [3.63, 3.8) is 0 Å². The SMILES string of the molecule is CCN1CCN(C(=O)C(C)N(c2ccc3c(c2)OCCO3)S(C)(=O)=O)CC1. The Balaban J connectivity index is 1.84. The van der Waals surface area contributed by atoms with Crippen molar-refractivity contribution < 1.29 is 22.7 Å². The number of piperazine rings is 1. The van der Waals surface area contributed by atoms with E-state index >= 15 is 0 Å². The van der Waals surface area contributed by atoms with Gasteiger partial charge in [0.25, 0.3) is 0 Å². The Labute approximate surface area is 160 Å². The highest BCUT2D eigenvalue weighted by atomic mass is 32.2. The number of amides is 1. The Hall–Kier alpha value is -2.00. The lowest BCUT2D eigenvalue weighted by molar-refractivity contribution is -0.133. The van der Waals surface area contributed by atoms with E-state index in [1.807, 2.05) is 0 Å². The molecule has 1 fully saturated rings. The summed E-state index contributed by atoms with van der Waals surface area (Å²) in [5.74, 6) is 0.878. The lowest BCUT2D eigenvalue weighted by Gasteiger charge is -2.37. The Bertz CT molecular complexity index is 790. The van der Waals surface area contributed by atoms with Gasteiger partial charge in [-0.15, -0.1) is 0 Å². The molecule has 1 aromatic rings. The maximum atomic E-state index is 13.0. The Morgan fingerprint density at radius 1 is 1.15 bits per heavy atom. The summed E-state index contributed by atoms with van der Waals surface area (Å²) in [6.45, 7) is 8.36. The van der Waals surface area contributed by atoms with Crippen molar-refractivity contribution in [2.45, 2.75) is 19.9 Å². The highest BCUT2D eigenvalue weighted by Crippen LogP contribution is 2.35. The molecule has 3 rings (SSSR count). The molecule has 0 aliphatic carbocycles. The van der Waals surface area contributed by atoms with Gasteiger partial charge in [0.05, 0.1) is 11.9 Å². The average Bonchev–Trinajstić information content (AvgIpc) is 2.66. The second-order valence-electron chi connectivity index (χ2n) is 6.82. The van der Waals surface area contributed by atoms with Gasteiger partial charge in [-0.25, -0.2) is 8.42 Å². The molecular formula is C18H27N3O5S. The molecule has 1 saturated heterocycles. The monoisotopic (exact) mass is 397 g/mol. The number of anilines is 1. The molecule has 27 heavy (non-hydrogen) atoms. The second kappa shape index (κ2) is 7.93. The van der Waals surface area contributed by atoms with Gasteiger partial charge in [-0.3, -0.25) is 9.10 Å². The summed E-state index contributed by atoms with van der Waals surface area (Å²) in [5.41, 5.74) is 0.398. The predicted octanol–water partition coefficient (Wildman–Crippen LogP) is 0.776. The molecule has 1 unspecified atom stereocenters. The number of carbonyl (C=O) groups is 1. The number of rotatable bonds is 5. The smallest absolute Gasteiger partial charge is 0.246 e. The number of fused-ring (bicyclic) bond motifs is 1. The average molecular weight is 397 g/mol. The van der Waals surface area contributed by atoms with Gasteiger partial charge in [0.15, 0.2) is 11.5 Å². The zero-order valence-corrected chi connectivity index (χ0v) is 16.9. The third kappa shape index (κ3) is 4.30. The molecule has 2 heterocycles. The molecule has 0 aromatic heterocycles. The number of hydrogen-bond donors (Lipinski definition) is 0. The quantitative estimate of drug-likeness (QED) is 0.731. The summed E-state index contributed by atoms with van der Waals surface area (Å²) in [7, 11) is -3.66. The van der Waals surface area contributed by atoms with Crippen molar-refractivity contribution in [3.8, 4) is 11.5 Å². The van der Waals surface area contributed by atoms with Gasteiger partial charge < -0.3 is 19.3 Å². The van der Waals surface area contributed by atoms with Crippen molar-refractivity contribution in [1.82, 2.24) is 9.80 Å². The Morgan fingerprint density at radius 3 is 2.37 bits per heavy atom. The first kappa shape index (κ1) is 19.8. The number of benzene rings is 1. The number of ether oxygens (including phenoxy) is 2. The van der Waals surface area contributed by atoms with Crippen molar-refractivity contribution in [3.05, 3.63) is 18.2 Å². The van der Waals surface area contributed by atoms with Crippen LogP contribution in [0.2, 0.25) is 0 Å². The molecule has 0 bridgehead atoms. The van der Waals surface area contributed by atoms with E-state index < -0.39 is 16.1 Å². The van der Waals surface area contributed by atoms with Gasteiger partial charge in [-0.05, 0) is 25.6 Å². The van der Waals surface area contributed by atoms with Crippen LogP contribution < -0.4 is 13.8 Å². The summed E-state index contributed by atoms with van der Waals surface area (Å²) < 4.78 is 37.2. The third-order valence-electron chi connectivity index (χ3n) is 4.98.